The summed E-state index contributed by atoms with van der Waals surface area (Å²) in [6.45, 7) is 8.46. The van der Waals surface area contributed by atoms with Crippen molar-refractivity contribution in [3.8, 4) is 17.6 Å². The van der Waals surface area contributed by atoms with Gasteiger partial charge in [0.2, 0.25) is 11.8 Å². The lowest BCUT2D eigenvalue weighted by Gasteiger charge is -2.52. The quantitative estimate of drug-likeness (QED) is 0.480. The molecule has 2 heterocycles. The topological polar surface area (TPSA) is 106 Å². The number of piperazine rings is 1. The zero-order valence-electron chi connectivity index (χ0n) is 22.9. The summed E-state index contributed by atoms with van der Waals surface area (Å²) >= 11 is 0. The van der Waals surface area contributed by atoms with E-state index in [1.54, 1.807) is 29.2 Å². The van der Waals surface area contributed by atoms with Gasteiger partial charge in [-0.3, -0.25) is 14.5 Å². The van der Waals surface area contributed by atoms with Crippen LogP contribution in [-0.2, 0) is 16.1 Å². The molecule has 8 nitrogen and oxygen atoms in total. The van der Waals surface area contributed by atoms with Crippen LogP contribution in [0.2, 0.25) is 0 Å². The number of benzene rings is 2. The van der Waals surface area contributed by atoms with E-state index >= 15 is 0 Å². The van der Waals surface area contributed by atoms with Crippen molar-refractivity contribution < 1.29 is 19.4 Å². The molecular formula is C30H39ClN4O4. The minimum atomic E-state index is -0.906. The SMILES string of the molecule is CCCCN1C(=O)[C@@H]([C@H](O)C(C)C)NC(=O)C12CCN(Cc1ccc(Oc3ccc(C#N)cc3)cc1)CC2.Cl. The molecule has 0 unspecified atom stereocenters. The molecule has 2 atom stereocenters. The summed E-state index contributed by atoms with van der Waals surface area (Å²) in [5.41, 5.74) is 0.877. The Bertz CT molecular complexity index is 1150. The number of nitrogens with one attached hydrogen (secondary N) is 1. The highest BCUT2D eigenvalue weighted by Crippen LogP contribution is 2.35. The van der Waals surface area contributed by atoms with E-state index in [4.69, 9.17) is 10.00 Å². The summed E-state index contributed by atoms with van der Waals surface area (Å²) in [4.78, 5) is 31.0. The summed E-state index contributed by atoms with van der Waals surface area (Å²) in [6, 6.07) is 16.1. The Hall–Kier alpha value is -3.12. The second kappa shape index (κ2) is 13.3. The number of aliphatic hydroxyl groups excluding tert-OH is 1. The van der Waals surface area contributed by atoms with Crippen LogP contribution in [0.5, 0.6) is 11.5 Å². The van der Waals surface area contributed by atoms with Gasteiger partial charge in [0.1, 0.15) is 23.1 Å². The fourth-order valence-electron chi connectivity index (χ4n) is 5.33. The summed E-state index contributed by atoms with van der Waals surface area (Å²) in [5.74, 6) is 0.966. The van der Waals surface area contributed by atoms with Gasteiger partial charge in [-0.15, -0.1) is 12.4 Å². The number of hydrogen-bond acceptors (Lipinski definition) is 6. The lowest BCUT2D eigenvalue weighted by molar-refractivity contribution is -0.165. The number of nitriles is 1. The number of nitrogens with zero attached hydrogens (tertiary/aromatic N) is 3. The molecule has 2 saturated heterocycles. The van der Waals surface area contributed by atoms with Crippen LogP contribution in [0.3, 0.4) is 0 Å². The van der Waals surface area contributed by atoms with Crippen molar-refractivity contribution in [3.63, 3.8) is 0 Å². The largest absolute Gasteiger partial charge is 0.457 e. The maximum atomic E-state index is 13.5. The Kier molecular flexibility index (Phi) is 10.4. The van der Waals surface area contributed by atoms with E-state index in [0.29, 0.717) is 43.8 Å². The first kappa shape index (κ1) is 30.4. The highest BCUT2D eigenvalue weighted by Gasteiger charge is 2.54. The van der Waals surface area contributed by atoms with Crippen molar-refractivity contribution in [1.29, 1.82) is 5.26 Å². The fraction of sp³-hybridized carbons (Fsp3) is 0.500. The maximum absolute atomic E-state index is 13.5. The van der Waals surface area contributed by atoms with E-state index in [1.165, 1.54) is 0 Å². The smallest absolute Gasteiger partial charge is 0.248 e. The first-order valence-corrected chi connectivity index (χ1v) is 13.6. The minimum absolute atomic E-state index is 0. The van der Waals surface area contributed by atoms with Crippen LogP contribution in [0.4, 0.5) is 0 Å². The van der Waals surface area contributed by atoms with E-state index in [0.717, 1.165) is 30.7 Å². The summed E-state index contributed by atoms with van der Waals surface area (Å²) in [6.07, 6.45) is 1.98. The Morgan fingerprint density at radius 2 is 1.67 bits per heavy atom. The third kappa shape index (κ3) is 6.73. The number of aliphatic hydroxyl groups is 1. The maximum Gasteiger partial charge on any atom is 0.248 e. The molecule has 2 aromatic carbocycles. The molecule has 2 fully saturated rings. The van der Waals surface area contributed by atoms with Crippen molar-refractivity contribution in [2.24, 2.45) is 5.92 Å². The van der Waals surface area contributed by atoms with E-state index < -0.39 is 17.7 Å². The molecule has 4 rings (SSSR count). The number of carbonyl (C=O) groups is 2. The number of ether oxygens (including phenoxy) is 1. The van der Waals surface area contributed by atoms with Gasteiger partial charge in [0, 0.05) is 26.2 Å². The molecular weight excluding hydrogens is 516 g/mol. The minimum Gasteiger partial charge on any atom is -0.457 e. The standard InChI is InChI=1S/C30H38N4O4.ClH/c1-4-5-16-34-28(36)26(27(35)21(2)3)32-29(37)30(34)14-17-33(18-15-30)20-23-8-12-25(13-9-23)38-24-10-6-22(19-31)7-11-24;/h6-13,21,26-27,35H,4-5,14-18,20H2,1-3H3,(H,32,37);1H/t26-,27-;/m1./s1. The number of carbonyl (C=O) groups excluding carboxylic acids is 2. The predicted octanol–water partition coefficient (Wildman–Crippen LogP) is 4.25. The van der Waals surface area contributed by atoms with Crippen LogP contribution in [0.25, 0.3) is 0 Å². The van der Waals surface area contributed by atoms with Crippen molar-refractivity contribution >= 4 is 24.2 Å². The van der Waals surface area contributed by atoms with E-state index in [9.17, 15) is 14.7 Å². The lowest BCUT2D eigenvalue weighted by Crippen LogP contribution is -2.74. The van der Waals surface area contributed by atoms with Crippen molar-refractivity contribution in [3.05, 3.63) is 59.7 Å². The fourth-order valence-corrected chi connectivity index (χ4v) is 5.33. The number of hydrogen-bond donors (Lipinski definition) is 2. The molecule has 2 aliphatic heterocycles. The normalized spacial score (nSPS) is 19.8. The molecule has 9 heteroatoms. The third-order valence-corrected chi connectivity index (χ3v) is 7.75. The van der Waals surface area contributed by atoms with Gasteiger partial charge in [-0.2, -0.15) is 5.26 Å². The molecule has 1 spiro atoms. The lowest BCUT2D eigenvalue weighted by atomic mass is 9.80. The second-order valence-electron chi connectivity index (χ2n) is 10.7. The number of amides is 2. The number of rotatable bonds is 9. The van der Waals surface area contributed by atoms with Crippen LogP contribution in [0.15, 0.2) is 48.5 Å². The van der Waals surface area contributed by atoms with Gasteiger partial charge in [0.25, 0.3) is 0 Å². The second-order valence-corrected chi connectivity index (χ2v) is 10.7. The molecule has 2 amide bonds. The Labute approximate surface area is 237 Å². The van der Waals surface area contributed by atoms with Crippen molar-refractivity contribution in [2.45, 2.75) is 70.7 Å². The Morgan fingerprint density at radius 1 is 1.08 bits per heavy atom. The number of halogens is 1. The molecule has 2 aliphatic rings. The van der Waals surface area contributed by atoms with Gasteiger partial charge in [0.05, 0.1) is 17.7 Å². The van der Waals surface area contributed by atoms with E-state index in [2.05, 4.69) is 23.2 Å². The van der Waals surface area contributed by atoms with Crippen LogP contribution in [0, 0.1) is 17.2 Å². The summed E-state index contributed by atoms with van der Waals surface area (Å²) in [7, 11) is 0. The molecule has 0 radical (unpaired) electrons. The van der Waals surface area contributed by atoms with Gasteiger partial charge >= 0.3 is 0 Å². The molecule has 210 valence electrons. The zero-order valence-corrected chi connectivity index (χ0v) is 23.7. The summed E-state index contributed by atoms with van der Waals surface area (Å²) in [5, 5.41) is 22.4. The van der Waals surface area contributed by atoms with E-state index in [-0.39, 0.29) is 30.1 Å². The Morgan fingerprint density at radius 3 is 2.21 bits per heavy atom. The van der Waals surface area contributed by atoms with Crippen LogP contribution < -0.4 is 10.1 Å². The number of piperidine rings is 1. The number of unbranched alkanes of at least 4 members (excludes halogenated alkanes) is 1. The zero-order chi connectivity index (χ0) is 27.3. The highest BCUT2D eigenvalue weighted by atomic mass is 35.5. The highest BCUT2D eigenvalue weighted by molar-refractivity contribution is 6.00. The Balaban J connectivity index is 0.00000420. The van der Waals surface area contributed by atoms with Crippen LogP contribution >= 0.6 is 12.4 Å². The third-order valence-electron chi connectivity index (χ3n) is 7.75. The van der Waals surface area contributed by atoms with Crippen LogP contribution in [0.1, 0.15) is 57.6 Å². The predicted molar refractivity (Wildman–Crippen MR) is 152 cm³/mol. The molecule has 0 aliphatic carbocycles. The average Bonchev–Trinajstić information content (AvgIpc) is 2.93. The van der Waals surface area contributed by atoms with Gasteiger partial charge in [-0.25, -0.2) is 0 Å². The molecule has 0 bridgehead atoms. The van der Waals surface area contributed by atoms with Crippen molar-refractivity contribution in [1.82, 2.24) is 15.1 Å². The van der Waals surface area contributed by atoms with Gasteiger partial charge in [-0.1, -0.05) is 39.3 Å². The summed E-state index contributed by atoms with van der Waals surface area (Å²) < 4.78 is 5.88. The van der Waals surface area contributed by atoms with Gasteiger partial charge in [-0.05, 0) is 67.1 Å². The first-order valence-electron chi connectivity index (χ1n) is 13.6. The molecule has 0 saturated carbocycles. The van der Waals surface area contributed by atoms with Crippen molar-refractivity contribution in [2.75, 3.05) is 19.6 Å². The molecule has 39 heavy (non-hydrogen) atoms. The average molecular weight is 555 g/mol. The molecule has 2 aromatic rings. The van der Waals surface area contributed by atoms with E-state index in [1.807, 2.05) is 38.1 Å². The first-order chi connectivity index (χ1) is 18.3. The van der Waals surface area contributed by atoms with Gasteiger partial charge < -0.3 is 20.1 Å². The molecule has 0 aromatic heterocycles. The van der Waals surface area contributed by atoms with Crippen LogP contribution in [-0.4, -0.2) is 64.0 Å². The monoisotopic (exact) mass is 554 g/mol. The molecule has 2 N–H and O–H groups in total. The van der Waals surface area contributed by atoms with Gasteiger partial charge in [0.15, 0.2) is 0 Å². The number of likely N-dealkylation sites (tertiary alicyclic amines) is 1.